The van der Waals surface area contributed by atoms with Gasteiger partial charge in [0.1, 0.15) is 11.3 Å². The summed E-state index contributed by atoms with van der Waals surface area (Å²) in [6.07, 6.45) is 0.998. The number of hydrogen-bond donors (Lipinski definition) is 2. The zero-order valence-electron chi connectivity index (χ0n) is 10.6. The number of aromatic nitrogens is 1. The minimum Gasteiger partial charge on any atom is -0.506 e. The van der Waals surface area contributed by atoms with Crippen LogP contribution in [0.3, 0.4) is 0 Å². The fourth-order valence-corrected chi connectivity index (χ4v) is 1.99. The molecule has 19 heavy (non-hydrogen) atoms. The van der Waals surface area contributed by atoms with Crippen LogP contribution in [0.4, 0.5) is 5.69 Å². The van der Waals surface area contributed by atoms with Gasteiger partial charge in [-0.3, -0.25) is 0 Å². The molecule has 4 nitrogen and oxygen atoms in total. The third-order valence-electron chi connectivity index (χ3n) is 3.15. The predicted molar refractivity (Wildman–Crippen MR) is 74.9 cm³/mol. The normalized spacial score (nSPS) is 11.0. The Morgan fingerprint density at radius 1 is 1.21 bits per heavy atom. The zero-order chi connectivity index (χ0) is 13.4. The zero-order valence-corrected chi connectivity index (χ0v) is 10.6. The quantitative estimate of drug-likeness (QED) is 0.543. The van der Waals surface area contributed by atoms with Crippen LogP contribution in [0.5, 0.6) is 5.75 Å². The first-order valence-corrected chi connectivity index (χ1v) is 6.15. The van der Waals surface area contributed by atoms with E-state index in [0.717, 1.165) is 12.0 Å². The molecule has 0 spiro atoms. The second-order valence-electron chi connectivity index (χ2n) is 4.45. The van der Waals surface area contributed by atoms with Gasteiger partial charge in [-0.15, -0.1) is 0 Å². The standard InChI is InChI=1S/C15H14N2O2/c1-2-9-3-5-10(6-4-9)15-17-12-7-11(16)13(18)8-14(12)19-15/h3-8,18H,2,16H2,1H3. The van der Waals surface area contributed by atoms with Crippen molar-refractivity contribution in [1.29, 1.82) is 0 Å². The summed E-state index contributed by atoms with van der Waals surface area (Å²) in [4.78, 5) is 4.38. The number of aryl methyl sites for hydroxylation is 1. The van der Waals surface area contributed by atoms with Crippen LogP contribution in [-0.4, -0.2) is 10.1 Å². The number of oxazole rings is 1. The SMILES string of the molecule is CCc1ccc(-c2nc3cc(N)c(O)cc3o2)cc1. The number of nitrogens with zero attached hydrogens (tertiary/aromatic N) is 1. The number of hydrogen-bond acceptors (Lipinski definition) is 4. The van der Waals surface area contributed by atoms with Crippen molar-refractivity contribution in [2.45, 2.75) is 13.3 Å². The lowest BCUT2D eigenvalue weighted by Crippen LogP contribution is -1.84. The molecular formula is C15H14N2O2. The Hall–Kier alpha value is -2.49. The van der Waals surface area contributed by atoms with Crippen molar-refractivity contribution in [3.05, 3.63) is 42.0 Å². The number of fused-ring (bicyclic) bond motifs is 1. The van der Waals surface area contributed by atoms with Gasteiger partial charge in [0.15, 0.2) is 5.58 Å². The first-order valence-electron chi connectivity index (χ1n) is 6.15. The molecule has 3 aromatic rings. The van der Waals surface area contributed by atoms with E-state index in [2.05, 4.69) is 24.0 Å². The fraction of sp³-hybridized carbons (Fsp3) is 0.133. The Kier molecular flexibility index (Phi) is 2.63. The van der Waals surface area contributed by atoms with E-state index in [4.69, 9.17) is 10.2 Å². The lowest BCUT2D eigenvalue weighted by molar-refractivity contribution is 0.477. The van der Waals surface area contributed by atoms with Crippen LogP contribution in [0.15, 0.2) is 40.8 Å². The molecule has 0 aliphatic rings. The van der Waals surface area contributed by atoms with Crippen LogP contribution in [0.25, 0.3) is 22.6 Å². The summed E-state index contributed by atoms with van der Waals surface area (Å²) < 4.78 is 5.64. The van der Waals surface area contributed by atoms with Crippen molar-refractivity contribution in [3.8, 4) is 17.2 Å². The van der Waals surface area contributed by atoms with E-state index in [1.165, 1.54) is 11.6 Å². The highest BCUT2D eigenvalue weighted by Gasteiger charge is 2.10. The summed E-state index contributed by atoms with van der Waals surface area (Å²) in [5.41, 5.74) is 9.29. The van der Waals surface area contributed by atoms with Gasteiger partial charge in [-0.05, 0) is 30.2 Å². The number of rotatable bonds is 2. The Morgan fingerprint density at radius 2 is 1.95 bits per heavy atom. The molecule has 2 aromatic carbocycles. The van der Waals surface area contributed by atoms with Crippen molar-refractivity contribution in [2.75, 3.05) is 5.73 Å². The monoisotopic (exact) mass is 254 g/mol. The minimum atomic E-state index is 0.0107. The van der Waals surface area contributed by atoms with Gasteiger partial charge in [0.2, 0.25) is 5.89 Å². The van der Waals surface area contributed by atoms with E-state index in [9.17, 15) is 5.11 Å². The average molecular weight is 254 g/mol. The van der Waals surface area contributed by atoms with Crippen molar-refractivity contribution in [1.82, 2.24) is 4.98 Å². The van der Waals surface area contributed by atoms with E-state index in [1.807, 2.05) is 12.1 Å². The molecule has 0 amide bonds. The first-order chi connectivity index (χ1) is 9.17. The maximum atomic E-state index is 9.55. The fourth-order valence-electron chi connectivity index (χ4n) is 1.99. The Bertz CT molecular complexity index is 691. The molecular weight excluding hydrogens is 240 g/mol. The van der Waals surface area contributed by atoms with Gasteiger partial charge in [-0.1, -0.05) is 19.1 Å². The Balaban J connectivity index is 2.09. The van der Waals surface area contributed by atoms with E-state index >= 15 is 0 Å². The smallest absolute Gasteiger partial charge is 0.227 e. The van der Waals surface area contributed by atoms with Gasteiger partial charge >= 0.3 is 0 Å². The molecule has 4 heteroatoms. The maximum absolute atomic E-state index is 9.55. The van der Waals surface area contributed by atoms with E-state index in [0.29, 0.717) is 22.7 Å². The second-order valence-corrected chi connectivity index (χ2v) is 4.45. The molecule has 3 rings (SSSR count). The predicted octanol–water partition coefficient (Wildman–Crippen LogP) is 3.35. The Labute approximate surface area is 110 Å². The van der Waals surface area contributed by atoms with Crippen LogP contribution in [0, 0.1) is 0 Å². The molecule has 0 saturated carbocycles. The molecule has 1 aromatic heterocycles. The second kappa shape index (κ2) is 4.31. The Morgan fingerprint density at radius 3 is 2.63 bits per heavy atom. The number of nitrogens with two attached hydrogens (primary N) is 1. The van der Waals surface area contributed by atoms with Gasteiger partial charge < -0.3 is 15.3 Å². The third-order valence-corrected chi connectivity index (χ3v) is 3.15. The first kappa shape index (κ1) is 11.6. The largest absolute Gasteiger partial charge is 0.506 e. The summed E-state index contributed by atoms with van der Waals surface area (Å²) >= 11 is 0. The summed E-state index contributed by atoms with van der Waals surface area (Å²) in [6, 6.07) is 11.2. The number of nitrogen functional groups attached to an aromatic ring is 1. The topological polar surface area (TPSA) is 72.3 Å². The number of aromatic hydroxyl groups is 1. The van der Waals surface area contributed by atoms with E-state index in [-0.39, 0.29) is 5.75 Å². The molecule has 0 unspecified atom stereocenters. The molecule has 0 aliphatic carbocycles. The average Bonchev–Trinajstić information content (AvgIpc) is 2.82. The molecule has 0 fully saturated rings. The molecule has 0 bridgehead atoms. The molecule has 0 atom stereocenters. The molecule has 3 N–H and O–H groups in total. The van der Waals surface area contributed by atoms with Gasteiger partial charge in [0.05, 0.1) is 5.69 Å². The van der Waals surface area contributed by atoms with Crippen LogP contribution in [-0.2, 0) is 6.42 Å². The molecule has 96 valence electrons. The molecule has 1 heterocycles. The van der Waals surface area contributed by atoms with Crippen LogP contribution >= 0.6 is 0 Å². The van der Waals surface area contributed by atoms with Crippen molar-refractivity contribution >= 4 is 16.8 Å². The highest BCUT2D eigenvalue weighted by atomic mass is 16.3. The number of phenolic OH excluding ortho intramolecular Hbond substituents is 1. The minimum absolute atomic E-state index is 0.0107. The lowest BCUT2D eigenvalue weighted by atomic mass is 10.1. The van der Waals surface area contributed by atoms with Crippen LogP contribution in [0.1, 0.15) is 12.5 Å². The highest BCUT2D eigenvalue weighted by Crippen LogP contribution is 2.30. The van der Waals surface area contributed by atoms with Crippen molar-refractivity contribution in [2.24, 2.45) is 0 Å². The summed E-state index contributed by atoms with van der Waals surface area (Å²) in [7, 11) is 0. The molecule has 0 saturated heterocycles. The number of phenols is 1. The number of anilines is 1. The summed E-state index contributed by atoms with van der Waals surface area (Å²) in [5.74, 6) is 0.541. The van der Waals surface area contributed by atoms with Gasteiger partial charge in [0.25, 0.3) is 0 Å². The highest BCUT2D eigenvalue weighted by molar-refractivity contribution is 5.82. The third kappa shape index (κ3) is 2.01. The maximum Gasteiger partial charge on any atom is 0.227 e. The van der Waals surface area contributed by atoms with Crippen molar-refractivity contribution in [3.63, 3.8) is 0 Å². The summed E-state index contributed by atoms with van der Waals surface area (Å²) in [5, 5.41) is 9.55. The van der Waals surface area contributed by atoms with Gasteiger partial charge in [-0.25, -0.2) is 4.98 Å². The molecule has 0 radical (unpaired) electrons. The van der Waals surface area contributed by atoms with Crippen molar-refractivity contribution < 1.29 is 9.52 Å². The molecule has 0 aliphatic heterocycles. The van der Waals surface area contributed by atoms with Gasteiger partial charge in [-0.2, -0.15) is 0 Å². The number of benzene rings is 2. The van der Waals surface area contributed by atoms with Gasteiger partial charge in [0, 0.05) is 11.6 Å². The summed E-state index contributed by atoms with van der Waals surface area (Å²) in [6.45, 7) is 2.11. The van der Waals surface area contributed by atoms with E-state index in [1.54, 1.807) is 6.07 Å². The van der Waals surface area contributed by atoms with Crippen LogP contribution < -0.4 is 5.73 Å². The lowest BCUT2D eigenvalue weighted by Gasteiger charge is -1.97. The van der Waals surface area contributed by atoms with E-state index < -0.39 is 0 Å². The van der Waals surface area contributed by atoms with Crippen LogP contribution in [0.2, 0.25) is 0 Å².